The number of aromatic amines is 1. The van der Waals surface area contributed by atoms with E-state index in [1.807, 2.05) is 6.92 Å². The van der Waals surface area contributed by atoms with Crippen molar-refractivity contribution >= 4 is 5.78 Å². The molecule has 17 heavy (non-hydrogen) atoms. The minimum Gasteiger partial charge on any atom is -0.292 e. The van der Waals surface area contributed by atoms with Crippen molar-refractivity contribution in [2.75, 3.05) is 0 Å². The van der Waals surface area contributed by atoms with E-state index >= 15 is 0 Å². The van der Waals surface area contributed by atoms with Crippen molar-refractivity contribution in [2.24, 2.45) is 0 Å². The van der Waals surface area contributed by atoms with Gasteiger partial charge >= 0.3 is 0 Å². The average molecular weight is 233 g/mol. The molecular weight excluding hydrogens is 221 g/mol. The van der Waals surface area contributed by atoms with Crippen LogP contribution in [-0.2, 0) is 0 Å². The molecule has 0 unspecified atom stereocenters. The van der Waals surface area contributed by atoms with Gasteiger partial charge in [-0.05, 0) is 30.7 Å². The molecule has 0 fully saturated rings. The lowest BCUT2D eigenvalue weighted by Gasteiger charge is -1.99. The monoisotopic (exact) mass is 233 g/mol. The lowest BCUT2D eigenvalue weighted by atomic mass is 10.1. The van der Waals surface area contributed by atoms with Crippen molar-refractivity contribution in [1.82, 2.24) is 15.4 Å². The van der Waals surface area contributed by atoms with Crippen LogP contribution in [0.3, 0.4) is 0 Å². The van der Waals surface area contributed by atoms with Crippen molar-refractivity contribution < 1.29 is 9.18 Å². The quantitative estimate of drug-likeness (QED) is 0.826. The molecule has 0 radical (unpaired) electrons. The topological polar surface area (TPSA) is 58.6 Å². The summed E-state index contributed by atoms with van der Waals surface area (Å²) < 4.78 is 12.8. The molecule has 0 saturated carbocycles. The number of nitrogens with one attached hydrogen (secondary N) is 1. The summed E-state index contributed by atoms with van der Waals surface area (Å²) in [6.45, 7) is 1.93. The van der Waals surface area contributed by atoms with E-state index < -0.39 is 0 Å². The lowest BCUT2D eigenvalue weighted by Crippen LogP contribution is -2.01. The summed E-state index contributed by atoms with van der Waals surface area (Å²) in [5.74, 6) is -0.376. The number of carbonyl (C=O) groups is 1. The Morgan fingerprint density at radius 2 is 2.00 bits per heavy atom. The highest BCUT2D eigenvalue weighted by Crippen LogP contribution is 2.21. The first-order chi connectivity index (χ1) is 8.22. The van der Waals surface area contributed by atoms with Crippen LogP contribution >= 0.6 is 0 Å². The number of benzene rings is 1. The van der Waals surface area contributed by atoms with E-state index in [9.17, 15) is 9.18 Å². The molecule has 0 aliphatic rings. The number of Topliss-reactive ketones (excluding diaryl/α,β-unsaturated/α-hetero) is 1. The van der Waals surface area contributed by atoms with Gasteiger partial charge in [0.15, 0.2) is 11.5 Å². The van der Waals surface area contributed by atoms with Crippen LogP contribution in [0, 0.1) is 5.82 Å². The van der Waals surface area contributed by atoms with Gasteiger partial charge in [0, 0.05) is 12.0 Å². The predicted octanol–water partition coefficient (Wildman–Crippen LogP) is 2.59. The number of H-pyrrole nitrogens is 1. The number of halogens is 1. The van der Waals surface area contributed by atoms with E-state index in [4.69, 9.17) is 0 Å². The minimum absolute atomic E-state index is 0.0550. The van der Waals surface area contributed by atoms with E-state index in [0.29, 0.717) is 23.4 Å². The van der Waals surface area contributed by atoms with Crippen LogP contribution < -0.4 is 0 Å². The molecule has 0 bridgehead atoms. The molecule has 0 aliphatic heterocycles. The summed E-state index contributed by atoms with van der Waals surface area (Å²) in [5.41, 5.74) is 1.47. The Hall–Kier alpha value is -2.04. The standard InChI is InChI=1S/C12H12FN3O/c1-2-3-10(17)12-11(14-16-15-12)8-4-6-9(13)7-5-8/h4-7H,2-3H2,1H3,(H,14,15,16). The third-order valence-corrected chi connectivity index (χ3v) is 2.41. The Bertz CT molecular complexity index is 519. The van der Waals surface area contributed by atoms with Crippen LogP contribution in [0.1, 0.15) is 30.3 Å². The summed E-state index contributed by atoms with van der Waals surface area (Å²) in [4.78, 5) is 11.8. The molecule has 1 aromatic heterocycles. The third kappa shape index (κ3) is 2.38. The van der Waals surface area contributed by atoms with Gasteiger partial charge in [-0.25, -0.2) is 4.39 Å². The molecule has 1 heterocycles. The van der Waals surface area contributed by atoms with E-state index in [0.717, 1.165) is 6.42 Å². The fourth-order valence-electron chi connectivity index (χ4n) is 1.58. The first kappa shape index (κ1) is 11.4. The van der Waals surface area contributed by atoms with Crippen molar-refractivity contribution in [3.63, 3.8) is 0 Å². The zero-order valence-corrected chi connectivity index (χ0v) is 9.40. The number of nitrogens with zero attached hydrogens (tertiary/aromatic N) is 2. The van der Waals surface area contributed by atoms with Crippen LogP contribution in [0.4, 0.5) is 4.39 Å². The molecule has 1 aromatic carbocycles. The number of hydrogen-bond donors (Lipinski definition) is 1. The molecule has 4 nitrogen and oxygen atoms in total. The van der Waals surface area contributed by atoms with Gasteiger partial charge < -0.3 is 0 Å². The summed E-state index contributed by atoms with van der Waals surface area (Å²) in [5, 5.41) is 10.2. The second-order valence-electron chi connectivity index (χ2n) is 3.70. The first-order valence-electron chi connectivity index (χ1n) is 5.42. The summed E-state index contributed by atoms with van der Waals surface area (Å²) in [6, 6.07) is 5.82. The van der Waals surface area contributed by atoms with Crippen molar-refractivity contribution in [3.8, 4) is 11.3 Å². The SMILES string of the molecule is CCCC(=O)c1n[nH]nc1-c1ccc(F)cc1. The van der Waals surface area contributed by atoms with Crippen LogP contribution in [0.2, 0.25) is 0 Å². The molecule has 0 spiro atoms. The molecule has 2 rings (SSSR count). The third-order valence-electron chi connectivity index (χ3n) is 2.41. The van der Waals surface area contributed by atoms with E-state index in [1.165, 1.54) is 12.1 Å². The fourth-order valence-corrected chi connectivity index (χ4v) is 1.58. The number of hydrogen-bond acceptors (Lipinski definition) is 3. The Balaban J connectivity index is 2.36. The van der Waals surface area contributed by atoms with Gasteiger partial charge in [-0.1, -0.05) is 6.92 Å². The largest absolute Gasteiger partial charge is 0.292 e. The minimum atomic E-state index is -0.321. The Morgan fingerprint density at radius 3 is 2.65 bits per heavy atom. The Labute approximate surface area is 97.9 Å². The summed E-state index contributed by atoms with van der Waals surface area (Å²) in [6.07, 6.45) is 1.19. The first-order valence-corrected chi connectivity index (χ1v) is 5.42. The molecule has 1 N–H and O–H groups in total. The van der Waals surface area contributed by atoms with Crippen molar-refractivity contribution in [2.45, 2.75) is 19.8 Å². The maximum Gasteiger partial charge on any atom is 0.185 e. The second-order valence-corrected chi connectivity index (χ2v) is 3.70. The lowest BCUT2D eigenvalue weighted by molar-refractivity contribution is 0.0977. The zero-order chi connectivity index (χ0) is 12.3. The number of ketones is 1. The fraction of sp³-hybridized carbons (Fsp3) is 0.250. The molecule has 0 atom stereocenters. The normalized spacial score (nSPS) is 10.5. The van der Waals surface area contributed by atoms with Crippen LogP contribution in [0.25, 0.3) is 11.3 Å². The second kappa shape index (κ2) is 4.86. The average Bonchev–Trinajstić information content (AvgIpc) is 2.79. The Morgan fingerprint density at radius 1 is 1.29 bits per heavy atom. The highest BCUT2D eigenvalue weighted by molar-refractivity contribution is 5.99. The Kier molecular flexibility index (Phi) is 3.27. The molecule has 0 amide bonds. The summed E-state index contributed by atoms with van der Waals surface area (Å²) in [7, 11) is 0. The highest BCUT2D eigenvalue weighted by Gasteiger charge is 2.16. The molecule has 0 aliphatic carbocycles. The van der Waals surface area contributed by atoms with E-state index in [1.54, 1.807) is 12.1 Å². The van der Waals surface area contributed by atoms with Gasteiger partial charge in [0.1, 0.15) is 11.5 Å². The molecule has 0 saturated heterocycles. The number of rotatable bonds is 4. The maximum absolute atomic E-state index is 12.8. The smallest absolute Gasteiger partial charge is 0.185 e. The van der Waals surface area contributed by atoms with Gasteiger partial charge in [0.25, 0.3) is 0 Å². The van der Waals surface area contributed by atoms with Gasteiger partial charge in [-0.3, -0.25) is 4.79 Å². The van der Waals surface area contributed by atoms with Crippen LogP contribution in [0.15, 0.2) is 24.3 Å². The predicted molar refractivity (Wildman–Crippen MR) is 61.0 cm³/mol. The molecule has 5 heteroatoms. The molecule has 88 valence electrons. The number of carbonyl (C=O) groups excluding carboxylic acids is 1. The van der Waals surface area contributed by atoms with Crippen molar-refractivity contribution in [1.29, 1.82) is 0 Å². The van der Waals surface area contributed by atoms with Gasteiger partial charge in [-0.2, -0.15) is 15.4 Å². The van der Waals surface area contributed by atoms with Crippen LogP contribution in [0.5, 0.6) is 0 Å². The highest BCUT2D eigenvalue weighted by atomic mass is 19.1. The van der Waals surface area contributed by atoms with Crippen molar-refractivity contribution in [3.05, 3.63) is 35.8 Å². The van der Waals surface area contributed by atoms with Crippen LogP contribution in [-0.4, -0.2) is 21.2 Å². The summed E-state index contributed by atoms with van der Waals surface area (Å²) >= 11 is 0. The van der Waals surface area contributed by atoms with Gasteiger partial charge in [0.2, 0.25) is 0 Å². The number of aromatic nitrogens is 3. The maximum atomic E-state index is 12.8. The molecule has 2 aromatic rings. The molecular formula is C12H12FN3O. The van der Waals surface area contributed by atoms with Gasteiger partial charge in [0.05, 0.1) is 0 Å². The van der Waals surface area contributed by atoms with Gasteiger partial charge in [-0.15, -0.1) is 0 Å². The zero-order valence-electron chi connectivity index (χ0n) is 9.40. The van der Waals surface area contributed by atoms with E-state index in [2.05, 4.69) is 15.4 Å². The van der Waals surface area contributed by atoms with E-state index in [-0.39, 0.29) is 11.6 Å².